The van der Waals surface area contributed by atoms with Gasteiger partial charge in [-0.05, 0) is 25.7 Å². The van der Waals surface area contributed by atoms with Crippen LogP contribution in [0.3, 0.4) is 0 Å². The Bertz CT molecular complexity index is 323. The molecule has 0 spiro atoms. The summed E-state index contributed by atoms with van der Waals surface area (Å²) >= 11 is 0. The first-order chi connectivity index (χ1) is 9.13. The minimum absolute atomic E-state index is 0.0595. The van der Waals surface area contributed by atoms with Gasteiger partial charge in [-0.1, -0.05) is 0 Å². The zero-order valence-corrected chi connectivity index (χ0v) is 11.1. The van der Waals surface area contributed by atoms with Crippen molar-refractivity contribution in [2.24, 2.45) is 0 Å². The molecule has 6 nitrogen and oxygen atoms in total. The molecule has 1 saturated heterocycles. The highest BCUT2D eigenvalue weighted by Gasteiger charge is 2.25. The Morgan fingerprint density at radius 3 is 2.47 bits per heavy atom. The van der Waals surface area contributed by atoms with Gasteiger partial charge in [-0.3, -0.25) is 14.5 Å². The molecule has 0 aromatic rings. The highest BCUT2D eigenvalue weighted by atomic mass is 16.5. The van der Waals surface area contributed by atoms with Crippen LogP contribution in [0.25, 0.3) is 0 Å². The topological polar surface area (TPSA) is 78.9 Å². The Hall–Kier alpha value is -1.14. The van der Waals surface area contributed by atoms with E-state index in [4.69, 9.17) is 9.84 Å². The molecule has 0 aromatic heterocycles. The fourth-order valence-corrected chi connectivity index (χ4v) is 2.25. The van der Waals surface area contributed by atoms with Gasteiger partial charge in [0.25, 0.3) is 0 Å². The first-order valence-electron chi connectivity index (χ1n) is 6.98. The van der Waals surface area contributed by atoms with Gasteiger partial charge >= 0.3 is 5.97 Å². The number of ether oxygens (including phenoxy) is 1. The van der Waals surface area contributed by atoms with E-state index in [1.807, 2.05) is 0 Å². The number of carboxylic acids is 1. The molecule has 6 heteroatoms. The molecule has 0 bridgehead atoms. The Morgan fingerprint density at radius 1 is 1.21 bits per heavy atom. The van der Waals surface area contributed by atoms with Crippen molar-refractivity contribution in [1.29, 1.82) is 0 Å². The van der Waals surface area contributed by atoms with Crippen molar-refractivity contribution in [1.82, 2.24) is 10.2 Å². The van der Waals surface area contributed by atoms with Crippen LogP contribution < -0.4 is 5.32 Å². The van der Waals surface area contributed by atoms with Crippen LogP contribution in [0.4, 0.5) is 0 Å². The maximum absolute atomic E-state index is 11.6. The van der Waals surface area contributed by atoms with Crippen LogP contribution in [-0.4, -0.2) is 60.3 Å². The number of aliphatic carboxylic acids is 1. The van der Waals surface area contributed by atoms with Gasteiger partial charge in [0.15, 0.2) is 0 Å². The fraction of sp³-hybridized carbons (Fsp3) is 0.846. The summed E-state index contributed by atoms with van der Waals surface area (Å²) in [6.45, 7) is 2.44. The van der Waals surface area contributed by atoms with Gasteiger partial charge in [0.05, 0.1) is 25.7 Å². The lowest BCUT2D eigenvalue weighted by molar-refractivity contribution is -0.139. The standard InChI is InChI=1S/C13H22N2O4/c16-12(14-10-1-2-10)9-15-6-3-11(4-7-15)19-8-5-13(17)18/h10-11H,1-9H2,(H,14,16)(H,17,18). The largest absolute Gasteiger partial charge is 0.481 e. The molecule has 0 aromatic carbocycles. The number of carbonyl (C=O) groups excluding carboxylic acids is 1. The highest BCUT2D eigenvalue weighted by Crippen LogP contribution is 2.19. The second-order valence-electron chi connectivity index (χ2n) is 5.33. The number of nitrogens with one attached hydrogen (secondary N) is 1. The molecule has 1 aliphatic carbocycles. The van der Waals surface area contributed by atoms with Crippen LogP contribution >= 0.6 is 0 Å². The molecule has 1 heterocycles. The van der Waals surface area contributed by atoms with Crippen LogP contribution in [0.15, 0.2) is 0 Å². The summed E-state index contributed by atoms with van der Waals surface area (Å²) in [6.07, 6.45) is 4.18. The lowest BCUT2D eigenvalue weighted by Crippen LogP contribution is -2.43. The van der Waals surface area contributed by atoms with Gasteiger partial charge in [0.1, 0.15) is 0 Å². The van der Waals surface area contributed by atoms with Gasteiger partial charge in [-0.15, -0.1) is 0 Å². The van der Waals surface area contributed by atoms with E-state index in [0.717, 1.165) is 38.8 Å². The Balaban J connectivity index is 1.56. The molecule has 2 aliphatic rings. The first-order valence-corrected chi connectivity index (χ1v) is 6.98. The average Bonchev–Trinajstić information content (AvgIpc) is 3.14. The summed E-state index contributed by atoms with van der Waals surface area (Å²) in [5.41, 5.74) is 0. The molecule has 1 amide bonds. The number of amides is 1. The van der Waals surface area contributed by atoms with E-state index in [2.05, 4.69) is 10.2 Å². The van der Waals surface area contributed by atoms with E-state index in [0.29, 0.717) is 12.6 Å². The quantitative estimate of drug-likeness (QED) is 0.692. The SMILES string of the molecule is O=C(O)CCOC1CCN(CC(=O)NC2CC2)CC1. The lowest BCUT2D eigenvalue weighted by Gasteiger charge is -2.31. The smallest absolute Gasteiger partial charge is 0.305 e. The zero-order valence-electron chi connectivity index (χ0n) is 11.1. The summed E-state index contributed by atoms with van der Waals surface area (Å²) < 4.78 is 5.51. The van der Waals surface area contributed by atoms with E-state index >= 15 is 0 Å². The number of rotatable bonds is 7. The van der Waals surface area contributed by atoms with Crippen molar-refractivity contribution in [3.05, 3.63) is 0 Å². The number of carboxylic acid groups (broad SMARTS) is 1. The number of likely N-dealkylation sites (tertiary alicyclic amines) is 1. The van der Waals surface area contributed by atoms with Crippen molar-refractivity contribution in [3.8, 4) is 0 Å². The van der Waals surface area contributed by atoms with Crippen molar-refractivity contribution < 1.29 is 19.4 Å². The molecule has 2 rings (SSSR count). The number of piperidine rings is 1. The highest BCUT2D eigenvalue weighted by molar-refractivity contribution is 5.78. The van der Waals surface area contributed by atoms with Gasteiger partial charge in [-0.25, -0.2) is 0 Å². The van der Waals surface area contributed by atoms with Crippen LogP contribution in [-0.2, 0) is 14.3 Å². The van der Waals surface area contributed by atoms with E-state index in [-0.39, 0.29) is 25.0 Å². The Kier molecular flexibility index (Phi) is 5.15. The summed E-state index contributed by atoms with van der Waals surface area (Å²) in [5.74, 6) is -0.707. The summed E-state index contributed by atoms with van der Waals surface area (Å²) in [4.78, 5) is 24.1. The third-order valence-corrected chi connectivity index (χ3v) is 3.51. The minimum Gasteiger partial charge on any atom is -0.481 e. The van der Waals surface area contributed by atoms with Gasteiger partial charge in [-0.2, -0.15) is 0 Å². The summed E-state index contributed by atoms with van der Waals surface area (Å²) in [5, 5.41) is 11.5. The molecular formula is C13H22N2O4. The van der Waals surface area contributed by atoms with Crippen LogP contribution in [0, 0.1) is 0 Å². The predicted octanol–water partition coefficient (Wildman–Crippen LogP) is 0.221. The molecule has 2 N–H and O–H groups in total. The number of nitrogens with zero attached hydrogens (tertiary/aromatic N) is 1. The number of hydrogen-bond donors (Lipinski definition) is 2. The molecule has 19 heavy (non-hydrogen) atoms. The van der Waals surface area contributed by atoms with E-state index < -0.39 is 5.97 Å². The molecule has 1 saturated carbocycles. The second kappa shape index (κ2) is 6.86. The Labute approximate surface area is 113 Å². The monoisotopic (exact) mass is 270 g/mol. The van der Waals surface area contributed by atoms with Crippen molar-refractivity contribution >= 4 is 11.9 Å². The maximum atomic E-state index is 11.6. The molecule has 1 aliphatic heterocycles. The van der Waals surface area contributed by atoms with Crippen LogP contribution in [0.2, 0.25) is 0 Å². The molecule has 2 fully saturated rings. The van der Waals surface area contributed by atoms with Gasteiger partial charge in [0, 0.05) is 19.1 Å². The molecule has 0 atom stereocenters. The summed E-state index contributed by atoms with van der Waals surface area (Å²) in [6, 6.07) is 0.421. The lowest BCUT2D eigenvalue weighted by atomic mass is 10.1. The number of carbonyl (C=O) groups is 2. The number of hydrogen-bond acceptors (Lipinski definition) is 4. The zero-order chi connectivity index (χ0) is 13.7. The molecule has 108 valence electrons. The van der Waals surface area contributed by atoms with Gasteiger partial charge in [0.2, 0.25) is 5.91 Å². The van der Waals surface area contributed by atoms with Crippen LogP contribution in [0.1, 0.15) is 32.1 Å². The third kappa shape index (κ3) is 5.57. The van der Waals surface area contributed by atoms with Crippen LogP contribution in [0.5, 0.6) is 0 Å². The first kappa shape index (κ1) is 14.3. The molecule has 0 unspecified atom stereocenters. The Morgan fingerprint density at radius 2 is 1.89 bits per heavy atom. The third-order valence-electron chi connectivity index (χ3n) is 3.51. The molecule has 0 radical (unpaired) electrons. The normalized spacial score (nSPS) is 21.3. The van der Waals surface area contributed by atoms with Crippen molar-refractivity contribution in [3.63, 3.8) is 0 Å². The van der Waals surface area contributed by atoms with E-state index in [1.165, 1.54) is 0 Å². The van der Waals surface area contributed by atoms with Gasteiger partial charge < -0.3 is 15.2 Å². The summed E-state index contributed by atoms with van der Waals surface area (Å²) in [7, 11) is 0. The van der Waals surface area contributed by atoms with Crippen molar-refractivity contribution in [2.45, 2.75) is 44.2 Å². The maximum Gasteiger partial charge on any atom is 0.305 e. The molecular weight excluding hydrogens is 248 g/mol. The average molecular weight is 270 g/mol. The fourth-order valence-electron chi connectivity index (χ4n) is 2.25. The second-order valence-corrected chi connectivity index (χ2v) is 5.33. The predicted molar refractivity (Wildman–Crippen MR) is 68.8 cm³/mol. The van der Waals surface area contributed by atoms with E-state index in [1.54, 1.807) is 0 Å². The minimum atomic E-state index is -0.825. The van der Waals surface area contributed by atoms with Crippen molar-refractivity contribution in [2.75, 3.05) is 26.2 Å². The van der Waals surface area contributed by atoms with E-state index in [9.17, 15) is 9.59 Å².